The van der Waals surface area contributed by atoms with Crippen molar-refractivity contribution in [1.82, 2.24) is 0 Å². The third kappa shape index (κ3) is 5.18. The molecule has 29 heavy (non-hydrogen) atoms. The first kappa shape index (κ1) is 20.9. The Hall–Kier alpha value is -2.79. The number of hydrogen-bond acceptors (Lipinski definition) is 4. The van der Waals surface area contributed by atoms with Gasteiger partial charge in [-0.1, -0.05) is 45.0 Å². The van der Waals surface area contributed by atoms with E-state index in [1.165, 1.54) is 5.56 Å². The number of fused-ring (bicyclic) bond motifs is 1. The molecule has 1 aliphatic heterocycles. The number of likely N-dealkylation sites (N-methyl/N-ethyl adjacent to an activating group) is 1. The second-order valence-corrected chi connectivity index (χ2v) is 8.34. The zero-order valence-corrected chi connectivity index (χ0v) is 17.6. The summed E-state index contributed by atoms with van der Waals surface area (Å²) in [5.74, 6) is 0.544. The van der Waals surface area contributed by atoms with E-state index in [0.717, 1.165) is 23.5 Å². The number of benzene rings is 2. The second kappa shape index (κ2) is 8.70. The van der Waals surface area contributed by atoms with Crippen LogP contribution in [0, 0.1) is 0 Å². The third-order valence-corrected chi connectivity index (χ3v) is 5.07. The van der Waals surface area contributed by atoms with Gasteiger partial charge >= 0.3 is 0 Å². The van der Waals surface area contributed by atoms with Crippen LogP contribution in [0.2, 0.25) is 0 Å². The van der Waals surface area contributed by atoms with Gasteiger partial charge in [-0.15, -0.1) is 0 Å². The van der Waals surface area contributed by atoms with E-state index in [2.05, 4.69) is 50.0 Å². The molecule has 0 aliphatic carbocycles. The number of amides is 1. The number of hydrogen-bond donors (Lipinski definition) is 2. The van der Waals surface area contributed by atoms with Crippen LogP contribution in [-0.2, 0) is 10.2 Å². The van der Waals surface area contributed by atoms with E-state index in [4.69, 9.17) is 4.74 Å². The van der Waals surface area contributed by atoms with Gasteiger partial charge in [-0.25, -0.2) is 0 Å². The minimum absolute atomic E-state index is 0.0179. The van der Waals surface area contributed by atoms with Crippen LogP contribution in [0.25, 0.3) is 6.08 Å². The smallest absolute Gasteiger partial charge is 0.248 e. The molecule has 1 aliphatic rings. The highest BCUT2D eigenvalue weighted by atomic mass is 16.5. The lowest BCUT2D eigenvalue weighted by atomic mass is 9.87. The molecular formula is C24H30N2O3. The van der Waals surface area contributed by atoms with Crippen molar-refractivity contribution in [2.24, 2.45) is 0 Å². The Morgan fingerprint density at radius 1 is 1.24 bits per heavy atom. The Morgan fingerprint density at radius 3 is 2.59 bits per heavy atom. The van der Waals surface area contributed by atoms with Crippen LogP contribution in [0.4, 0.5) is 11.4 Å². The molecule has 1 amide bonds. The minimum atomic E-state index is -0.226. The summed E-state index contributed by atoms with van der Waals surface area (Å²) >= 11 is 0. The molecule has 0 spiro atoms. The number of carbonyl (C=O) groups is 1. The van der Waals surface area contributed by atoms with E-state index in [1.807, 2.05) is 36.4 Å². The molecule has 3 rings (SSSR count). The number of nitrogens with zero attached hydrogens (tertiary/aromatic N) is 1. The van der Waals surface area contributed by atoms with Gasteiger partial charge in [0.1, 0.15) is 11.9 Å². The highest BCUT2D eigenvalue weighted by Gasteiger charge is 2.24. The summed E-state index contributed by atoms with van der Waals surface area (Å²) in [5.41, 5.74) is 4.00. The molecule has 0 radical (unpaired) electrons. The molecule has 0 fully saturated rings. The number of anilines is 2. The molecule has 1 heterocycles. The maximum absolute atomic E-state index is 12.4. The zero-order chi connectivity index (χ0) is 21.0. The van der Waals surface area contributed by atoms with E-state index in [0.29, 0.717) is 12.2 Å². The molecule has 0 saturated heterocycles. The Kier molecular flexibility index (Phi) is 6.28. The Labute approximate surface area is 173 Å². The van der Waals surface area contributed by atoms with Crippen LogP contribution in [0.3, 0.4) is 0 Å². The lowest BCUT2D eigenvalue weighted by Gasteiger charge is -2.35. The van der Waals surface area contributed by atoms with Gasteiger partial charge in [0, 0.05) is 18.3 Å². The van der Waals surface area contributed by atoms with Crippen molar-refractivity contribution in [2.75, 3.05) is 29.9 Å². The van der Waals surface area contributed by atoms with Crippen LogP contribution in [0.1, 0.15) is 38.8 Å². The van der Waals surface area contributed by atoms with E-state index >= 15 is 0 Å². The van der Waals surface area contributed by atoms with E-state index < -0.39 is 0 Å². The largest absolute Gasteiger partial charge is 0.484 e. The van der Waals surface area contributed by atoms with Gasteiger partial charge in [0.25, 0.3) is 0 Å². The summed E-state index contributed by atoms with van der Waals surface area (Å²) < 4.78 is 5.79. The van der Waals surface area contributed by atoms with E-state index in [1.54, 1.807) is 6.08 Å². The number of aliphatic hydroxyl groups is 1. The molecule has 2 N–H and O–H groups in total. The summed E-state index contributed by atoms with van der Waals surface area (Å²) in [4.78, 5) is 14.5. The molecule has 5 nitrogen and oxygen atoms in total. The maximum Gasteiger partial charge on any atom is 0.248 e. The maximum atomic E-state index is 12.4. The number of rotatable bonds is 5. The number of ether oxygens (including phenoxy) is 1. The van der Waals surface area contributed by atoms with Crippen molar-refractivity contribution in [2.45, 2.75) is 39.2 Å². The summed E-state index contributed by atoms with van der Waals surface area (Å²) in [6.45, 7) is 10.0. The van der Waals surface area contributed by atoms with Gasteiger partial charge in [-0.3, -0.25) is 4.79 Å². The Morgan fingerprint density at radius 2 is 1.97 bits per heavy atom. The molecule has 2 aromatic carbocycles. The first-order chi connectivity index (χ1) is 13.8. The monoisotopic (exact) mass is 394 g/mol. The summed E-state index contributed by atoms with van der Waals surface area (Å²) in [6.07, 6.45) is 3.13. The average molecular weight is 395 g/mol. The zero-order valence-electron chi connectivity index (χ0n) is 17.6. The van der Waals surface area contributed by atoms with Crippen LogP contribution in [0.15, 0.2) is 48.5 Å². The molecule has 2 aromatic rings. The summed E-state index contributed by atoms with van der Waals surface area (Å²) in [6, 6.07) is 13.8. The van der Waals surface area contributed by atoms with Gasteiger partial charge in [-0.05, 0) is 47.7 Å². The van der Waals surface area contributed by atoms with Crippen LogP contribution < -0.4 is 15.0 Å². The van der Waals surface area contributed by atoms with Crippen molar-refractivity contribution in [3.63, 3.8) is 0 Å². The SMILES string of the molecule is CCN1CC(CO)Oc2ccc(NC(=O)C=Cc3ccc(C(C)(C)C)cc3)cc21. The van der Waals surface area contributed by atoms with Crippen molar-refractivity contribution in [3.05, 3.63) is 59.7 Å². The van der Waals surface area contributed by atoms with Gasteiger partial charge < -0.3 is 20.1 Å². The van der Waals surface area contributed by atoms with Gasteiger partial charge in [0.05, 0.1) is 18.8 Å². The average Bonchev–Trinajstić information content (AvgIpc) is 2.71. The van der Waals surface area contributed by atoms with Crippen LogP contribution in [-0.4, -0.2) is 36.8 Å². The van der Waals surface area contributed by atoms with Gasteiger partial charge in [-0.2, -0.15) is 0 Å². The standard InChI is InChI=1S/C24H30N2O3/c1-5-26-15-20(16-27)29-22-12-11-19(14-21(22)26)25-23(28)13-8-17-6-9-18(10-7-17)24(2,3)4/h6-14,20,27H,5,15-16H2,1-4H3,(H,25,28). The predicted octanol–water partition coefficient (Wildman–Crippen LogP) is 4.22. The lowest BCUT2D eigenvalue weighted by Crippen LogP contribution is -2.41. The fourth-order valence-electron chi connectivity index (χ4n) is 3.35. The van der Waals surface area contributed by atoms with Crippen molar-refractivity contribution in [3.8, 4) is 5.75 Å². The molecule has 0 bridgehead atoms. The Bertz CT molecular complexity index is 882. The van der Waals surface area contributed by atoms with Crippen LogP contribution in [0.5, 0.6) is 5.75 Å². The second-order valence-electron chi connectivity index (χ2n) is 8.34. The third-order valence-electron chi connectivity index (χ3n) is 5.07. The van der Waals surface area contributed by atoms with E-state index in [-0.39, 0.29) is 24.0 Å². The van der Waals surface area contributed by atoms with E-state index in [9.17, 15) is 9.90 Å². The number of aliphatic hydroxyl groups excluding tert-OH is 1. The van der Waals surface area contributed by atoms with Gasteiger partial charge in [0.2, 0.25) is 5.91 Å². The predicted molar refractivity (Wildman–Crippen MR) is 119 cm³/mol. The molecule has 5 heteroatoms. The fraction of sp³-hybridized carbons (Fsp3) is 0.375. The molecule has 154 valence electrons. The number of nitrogens with one attached hydrogen (secondary N) is 1. The highest BCUT2D eigenvalue weighted by Crippen LogP contribution is 2.35. The summed E-state index contributed by atoms with van der Waals surface area (Å²) in [5, 5.41) is 12.3. The highest BCUT2D eigenvalue weighted by molar-refractivity contribution is 6.02. The first-order valence-corrected chi connectivity index (χ1v) is 10.1. The van der Waals surface area contributed by atoms with Crippen molar-refractivity contribution >= 4 is 23.4 Å². The first-order valence-electron chi connectivity index (χ1n) is 10.1. The lowest BCUT2D eigenvalue weighted by molar-refractivity contribution is -0.111. The normalized spacial score (nSPS) is 16.4. The van der Waals surface area contributed by atoms with Gasteiger partial charge in [0.15, 0.2) is 0 Å². The topological polar surface area (TPSA) is 61.8 Å². The number of carbonyl (C=O) groups excluding carboxylic acids is 1. The molecule has 0 saturated carbocycles. The molecule has 1 atom stereocenters. The van der Waals surface area contributed by atoms with Crippen LogP contribution >= 0.6 is 0 Å². The molecule has 1 unspecified atom stereocenters. The quantitative estimate of drug-likeness (QED) is 0.746. The van der Waals surface area contributed by atoms with Crippen molar-refractivity contribution in [1.29, 1.82) is 0 Å². The van der Waals surface area contributed by atoms with Crippen molar-refractivity contribution < 1.29 is 14.6 Å². The Balaban J connectivity index is 1.67. The summed E-state index contributed by atoms with van der Waals surface area (Å²) in [7, 11) is 0. The molecule has 0 aromatic heterocycles. The molecular weight excluding hydrogens is 364 g/mol. The fourth-order valence-corrected chi connectivity index (χ4v) is 3.35. The minimum Gasteiger partial charge on any atom is -0.484 e.